The zero-order valence-corrected chi connectivity index (χ0v) is 19.9. The molecule has 0 aromatic heterocycles. The number of hydrogen-bond acceptors (Lipinski definition) is 8. The predicted octanol–water partition coefficient (Wildman–Crippen LogP) is 4.21. The van der Waals surface area contributed by atoms with Gasteiger partial charge in [-0.05, 0) is 48.0 Å². The van der Waals surface area contributed by atoms with Crippen molar-refractivity contribution in [1.29, 1.82) is 0 Å². The van der Waals surface area contributed by atoms with Crippen molar-refractivity contribution in [3.63, 3.8) is 0 Å². The summed E-state index contributed by atoms with van der Waals surface area (Å²) in [6.45, 7) is 0.200. The number of halogens is 1. The standard InChI is InChI=1S/C25H18ClN3O8/c1-36-21-12-14(11-20(22(21)30)29(34)35)10-18-23(31)27-25(33)28(24(18)32)16-6-8-17(9-7-16)37-13-15-4-2-3-5-19(15)26/h2-12,30H,13H2,1H3,(H,27,31,33)/b18-10+. The third kappa shape index (κ3) is 5.21. The molecule has 188 valence electrons. The highest BCUT2D eigenvalue weighted by atomic mass is 35.5. The molecule has 11 nitrogen and oxygen atoms in total. The monoisotopic (exact) mass is 523 g/mol. The normalized spacial score (nSPS) is 14.5. The van der Waals surface area contributed by atoms with Crippen molar-refractivity contribution < 1.29 is 33.9 Å². The van der Waals surface area contributed by atoms with Gasteiger partial charge in [0.15, 0.2) is 5.75 Å². The first kappa shape index (κ1) is 25.2. The summed E-state index contributed by atoms with van der Waals surface area (Å²) < 4.78 is 10.6. The molecule has 0 aliphatic carbocycles. The number of hydrogen-bond donors (Lipinski definition) is 2. The Kier molecular flexibility index (Phi) is 7.07. The van der Waals surface area contributed by atoms with E-state index in [0.717, 1.165) is 22.6 Å². The lowest BCUT2D eigenvalue weighted by Crippen LogP contribution is -2.54. The Bertz CT molecular complexity index is 1450. The largest absolute Gasteiger partial charge is 0.500 e. The molecule has 1 heterocycles. The van der Waals surface area contributed by atoms with Crippen LogP contribution in [0.25, 0.3) is 6.08 Å². The van der Waals surface area contributed by atoms with Crippen molar-refractivity contribution in [2.24, 2.45) is 0 Å². The van der Waals surface area contributed by atoms with Gasteiger partial charge in [-0.1, -0.05) is 29.8 Å². The van der Waals surface area contributed by atoms with E-state index in [-0.39, 0.29) is 23.6 Å². The lowest BCUT2D eigenvalue weighted by molar-refractivity contribution is -0.386. The number of nitro benzene ring substituents is 1. The molecule has 0 radical (unpaired) electrons. The fourth-order valence-electron chi connectivity index (χ4n) is 3.52. The first-order valence-corrected chi connectivity index (χ1v) is 11.0. The van der Waals surface area contributed by atoms with Crippen LogP contribution in [0, 0.1) is 10.1 Å². The van der Waals surface area contributed by atoms with Crippen LogP contribution in [-0.2, 0) is 16.2 Å². The summed E-state index contributed by atoms with van der Waals surface area (Å²) in [6.07, 6.45) is 1.06. The van der Waals surface area contributed by atoms with Gasteiger partial charge in [0, 0.05) is 16.7 Å². The predicted molar refractivity (Wildman–Crippen MR) is 133 cm³/mol. The molecule has 2 N–H and O–H groups in total. The van der Waals surface area contributed by atoms with E-state index < -0.39 is 39.8 Å². The third-order valence-corrected chi connectivity index (χ3v) is 5.72. The van der Waals surface area contributed by atoms with Gasteiger partial charge in [-0.3, -0.25) is 25.0 Å². The Balaban J connectivity index is 1.60. The number of methoxy groups -OCH3 is 1. The number of phenols is 1. The Morgan fingerprint density at radius 2 is 1.81 bits per heavy atom. The quantitative estimate of drug-likeness (QED) is 0.202. The zero-order chi connectivity index (χ0) is 26.7. The molecule has 1 saturated heterocycles. The van der Waals surface area contributed by atoms with Crippen molar-refractivity contribution in [1.82, 2.24) is 5.32 Å². The number of phenolic OH excluding ortho intramolecular Hbond substituents is 1. The topological polar surface area (TPSA) is 148 Å². The number of urea groups is 1. The lowest BCUT2D eigenvalue weighted by atomic mass is 10.1. The lowest BCUT2D eigenvalue weighted by Gasteiger charge is -2.26. The molecule has 3 aromatic carbocycles. The summed E-state index contributed by atoms with van der Waals surface area (Å²) in [5.74, 6) is -2.43. The molecule has 0 bridgehead atoms. The molecule has 3 aromatic rings. The van der Waals surface area contributed by atoms with E-state index in [1.807, 2.05) is 12.1 Å². The number of carbonyl (C=O) groups is 3. The highest BCUT2D eigenvalue weighted by Gasteiger charge is 2.37. The van der Waals surface area contributed by atoms with Gasteiger partial charge in [-0.15, -0.1) is 0 Å². The van der Waals surface area contributed by atoms with Crippen LogP contribution in [0.2, 0.25) is 5.02 Å². The molecule has 0 unspecified atom stereocenters. The van der Waals surface area contributed by atoms with E-state index >= 15 is 0 Å². The number of nitrogens with one attached hydrogen (secondary N) is 1. The molecule has 1 aliphatic heterocycles. The van der Waals surface area contributed by atoms with Crippen LogP contribution in [0.15, 0.2) is 66.2 Å². The summed E-state index contributed by atoms with van der Waals surface area (Å²) in [6, 6.07) is 14.4. The van der Waals surface area contributed by atoms with Crippen molar-refractivity contribution in [2.75, 3.05) is 12.0 Å². The molecule has 0 atom stereocenters. The maximum atomic E-state index is 13.1. The summed E-state index contributed by atoms with van der Waals surface area (Å²) >= 11 is 6.13. The van der Waals surface area contributed by atoms with E-state index in [2.05, 4.69) is 5.32 Å². The Morgan fingerprint density at radius 1 is 1.11 bits per heavy atom. The molecule has 0 spiro atoms. The molecular weight excluding hydrogens is 506 g/mol. The highest BCUT2D eigenvalue weighted by molar-refractivity contribution is 6.39. The molecule has 0 saturated carbocycles. The average molecular weight is 524 g/mol. The second-order valence-corrected chi connectivity index (χ2v) is 8.09. The molecule has 4 rings (SSSR count). The minimum Gasteiger partial charge on any atom is -0.500 e. The number of carbonyl (C=O) groups excluding carboxylic acids is 3. The maximum absolute atomic E-state index is 13.1. The van der Waals surface area contributed by atoms with Gasteiger partial charge in [0.2, 0.25) is 5.75 Å². The molecule has 1 aliphatic rings. The van der Waals surface area contributed by atoms with Crippen LogP contribution < -0.4 is 19.7 Å². The number of nitro groups is 1. The number of nitrogens with zero attached hydrogens (tertiary/aromatic N) is 2. The SMILES string of the molecule is COc1cc(/C=C2\C(=O)NC(=O)N(c3ccc(OCc4ccccc4Cl)cc3)C2=O)cc([N+](=O)[O-])c1O. The number of rotatable bonds is 7. The van der Waals surface area contributed by atoms with Gasteiger partial charge in [0.05, 0.1) is 17.7 Å². The first-order valence-electron chi connectivity index (χ1n) is 10.6. The van der Waals surface area contributed by atoms with Crippen molar-refractivity contribution >= 4 is 46.9 Å². The number of aromatic hydroxyl groups is 1. The summed E-state index contributed by atoms with van der Waals surface area (Å²) in [4.78, 5) is 49.3. The highest BCUT2D eigenvalue weighted by Crippen LogP contribution is 2.37. The molecule has 12 heteroatoms. The Hall–Kier alpha value is -4.90. The summed E-state index contributed by atoms with van der Waals surface area (Å²) in [7, 11) is 1.19. The van der Waals surface area contributed by atoms with E-state index in [9.17, 15) is 29.6 Å². The van der Waals surface area contributed by atoms with Crippen LogP contribution in [0.4, 0.5) is 16.2 Å². The van der Waals surface area contributed by atoms with Crippen LogP contribution in [-0.4, -0.2) is 35.0 Å². The number of benzene rings is 3. The Labute approximate surface area is 214 Å². The van der Waals surface area contributed by atoms with E-state index in [0.29, 0.717) is 10.8 Å². The second-order valence-electron chi connectivity index (χ2n) is 7.68. The number of barbiturate groups is 1. The van der Waals surface area contributed by atoms with Gasteiger partial charge in [0.25, 0.3) is 11.8 Å². The van der Waals surface area contributed by atoms with Gasteiger partial charge in [-0.2, -0.15) is 0 Å². The van der Waals surface area contributed by atoms with Gasteiger partial charge >= 0.3 is 11.7 Å². The van der Waals surface area contributed by atoms with Crippen LogP contribution >= 0.6 is 11.6 Å². The van der Waals surface area contributed by atoms with Gasteiger partial charge in [0.1, 0.15) is 17.9 Å². The first-order chi connectivity index (χ1) is 17.7. The number of amides is 4. The second kappa shape index (κ2) is 10.4. The molecule has 4 amide bonds. The number of imide groups is 2. The molecular formula is C25H18ClN3O8. The summed E-state index contributed by atoms with van der Waals surface area (Å²) in [5, 5.41) is 23.8. The zero-order valence-electron chi connectivity index (χ0n) is 19.1. The Morgan fingerprint density at radius 3 is 2.46 bits per heavy atom. The van der Waals surface area contributed by atoms with E-state index in [1.165, 1.54) is 25.3 Å². The fourth-order valence-corrected chi connectivity index (χ4v) is 3.71. The maximum Gasteiger partial charge on any atom is 0.335 e. The number of anilines is 1. The van der Waals surface area contributed by atoms with Crippen molar-refractivity contribution in [2.45, 2.75) is 6.61 Å². The number of ether oxygens (including phenoxy) is 2. The van der Waals surface area contributed by atoms with Gasteiger partial charge in [-0.25, -0.2) is 9.69 Å². The fraction of sp³-hybridized carbons (Fsp3) is 0.0800. The third-order valence-electron chi connectivity index (χ3n) is 5.35. The van der Waals surface area contributed by atoms with Crippen LogP contribution in [0.5, 0.6) is 17.2 Å². The molecule has 1 fully saturated rings. The minimum atomic E-state index is -0.986. The van der Waals surface area contributed by atoms with Crippen molar-refractivity contribution in [3.8, 4) is 17.2 Å². The van der Waals surface area contributed by atoms with Crippen LogP contribution in [0.1, 0.15) is 11.1 Å². The smallest absolute Gasteiger partial charge is 0.335 e. The van der Waals surface area contributed by atoms with E-state index in [1.54, 1.807) is 24.3 Å². The average Bonchev–Trinajstić information content (AvgIpc) is 2.87. The minimum absolute atomic E-state index is 0.0254. The van der Waals surface area contributed by atoms with Gasteiger partial charge < -0.3 is 14.6 Å². The summed E-state index contributed by atoms with van der Waals surface area (Å²) in [5.41, 5.74) is -0.188. The molecule has 37 heavy (non-hydrogen) atoms. The van der Waals surface area contributed by atoms with E-state index in [4.69, 9.17) is 21.1 Å². The van der Waals surface area contributed by atoms with Crippen LogP contribution in [0.3, 0.4) is 0 Å². The van der Waals surface area contributed by atoms with Crippen molar-refractivity contribution in [3.05, 3.63) is 92.5 Å².